The molecule has 0 aliphatic rings. The molecule has 3 nitrogen and oxygen atoms in total. The van der Waals surface area contributed by atoms with E-state index in [-0.39, 0.29) is 6.04 Å². The number of ether oxygens (including phenoxy) is 1. The topological polar surface area (TPSA) is 34.1 Å². The first-order valence-electron chi connectivity index (χ1n) is 6.19. The Morgan fingerprint density at radius 2 is 2.00 bits per heavy atom. The Morgan fingerprint density at radius 1 is 1.26 bits per heavy atom. The van der Waals surface area contributed by atoms with Crippen LogP contribution in [0.5, 0.6) is 5.75 Å². The van der Waals surface area contributed by atoms with E-state index in [1.807, 2.05) is 31.3 Å². The van der Waals surface area contributed by atoms with Crippen molar-refractivity contribution >= 4 is 15.9 Å². The summed E-state index contributed by atoms with van der Waals surface area (Å²) in [5.74, 6) is 0.905. The molecule has 0 spiro atoms. The molecule has 1 N–H and O–H groups in total. The van der Waals surface area contributed by atoms with Gasteiger partial charge in [-0.2, -0.15) is 0 Å². The van der Waals surface area contributed by atoms with E-state index < -0.39 is 0 Å². The van der Waals surface area contributed by atoms with E-state index in [0.717, 1.165) is 21.3 Å². The molecule has 19 heavy (non-hydrogen) atoms. The van der Waals surface area contributed by atoms with Crippen molar-refractivity contribution in [3.8, 4) is 5.75 Å². The molecular formula is C15H17BrN2O. The van der Waals surface area contributed by atoms with Crippen LogP contribution in [0.4, 0.5) is 0 Å². The van der Waals surface area contributed by atoms with Gasteiger partial charge in [0.25, 0.3) is 0 Å². The highest BCUT2D eigenvalue weighted by atomic mass is 79.9. The third-order valence-corrected chi connectivity index (χ3v) is 3.51. The SMILES string of the molecule is CNC(C)c1cc(Br)ccc1OCc1ccncc1. The first-order chi connectivity index (χ1) is 9.20. The van der Waals surface area contributed by atoms with Gasteiger partial charge in [-0.1, -0.05) is 15.9 Å². The summed E-state index contributed by atoms with van der Waals surface area (Å²) < 4.78 is 6.97. The van der Waals surface area contributed by atoms with Gasteiger partial charge < -0.3 is 10.1 Å². The van der Waals surface area contributed by atoms with Crippen molar-refractivity contribution in [2.45, 2.75) is 19.6 Å². The average Bonchev–Trinajstić information content (AvgIpc) is 2.46. The minimum atomic E-state index is 0.241. The largest absolute Gasteiger partial charge is 0.489 e. The normalized spacial score (nSPS) is 12.2. The van der Waals surface area contributed by atoms with E-state index in [2.05, 4.69) is 39.2 Å². The Labute approximate surface area is 122 Å². The molecule has 0 amide bonds. The summed E-state index contributed by atoms with van der Waals surface area (Å²) in [6, 6.07) is 10.2. The molecule has 2 rings (SSSR count). The molecule has 0 saturated heterocycles. The highest BCUT2D eigenvalue weighted by Gasteiger charge is 2.10. The van der Waals surface area contributed by atoms with Gasteiger partial charge in [0.15, 0.2) is 0 Å². The van der Waals surface area contributed by atoms with Gasteiger partial charge in [0.2, 0.25) is 0 Å². The van der Waals surface area contributed by atoms with E-state index >= 15 is 0 Å². The number of nitrogens with zero attached hydrogens (tertiary/aromatic N) is 1. The van der Waals surface area contributed by atoms with E-state index in [4.69, 9.17) is 4.74 Å². The molecule has 100 valence electrons. The van der Waals surface area contributed by atoms with Crippen LogP contribution < -0.4 is 10.1 Å². The molecule has 1 unspecified atom stereocenters. The van der Waals surface area contributed by atoms with Gasteiger partial charge in [-0.05, 0) is 49.9 Å². The molecule has 1 heterocycles. The summed E-state index contributed by atoms with van der Waals surface area (Å²) in [7, 11) is 1.94. The van der Waals surface area contributed by atoms with Crippen LogP contribution in [-0.4, -0.2) is 12.0 Å². The minimum Gasteiger partial charge on any atom is -0.489 e. The van der Waals surface area contributed by atoms with Crippen LogP contribution in [0.15, 0.2) is 47.2 Å². The zero-order chi connectivity index (χ0) is 13.7. The summed E-state index contributed by atoms with van der Waals surface area (Å²) in [4.78, 5) is 4.00. The van der Waals surface area contributed by atoms with Crippen LogP contribution in [0.3, 0.4) is 0 Å². The Kier molecular flexibility index (Phi) is 4.93. The van der Waals surface area contributed by atoms with E-state index in [1.165, 1.54) is 0 Å². The third kappa shape index (κ3) is 3.78. The Morgan fingerprint density at radius 3 is 2.68 bits per heavy atom. The van der Waals surface area contributed by atoms with Gasteiger partial charge in [0.05, 0.1) is 0 Å². The van der Waals surface area contributed by atoms with Gasteiger partial charge in [-0.3, -0.25) is 4.98 Å². The molecule has 2 aromatic rings. The van der Waals surface area contributed by atoms with Crippen molar-refractivity contribution in [3.05, 3.63) is 58.3 Å². The number of pyridine rings is 1. The number of hydrogen-bond acceptors (Lipinski definition) is 3. The first kappa shape index (κ1) is 14.0. The fourth-order valence-electron chi connectivity index (χ4n) is 1.78. The monoisotopic (exact) mass is 320 g/mol. The van der Waals surface area contributed by atoms with Crippen molar-refractivity contribution in [1.29, 1.82) is 0 Å². The number of hydrogen-bond donors (Lipinski definition) is 1. The van der Waals surface area contributed by atoms with Crippen molar-refractivity contribution in [2.75, 3.05) is 7.05 Å². The zero-order valence-corrected chi connectivity index (χ0v) is 12.6. The molecule has 0 saturated carbocycles. The number of nitrogens with one attached hydrogen (secondary N) is 1. The molecule has 1 aromatic heterocycles. The van der Waals surface area contributed by atoms with Gasteiger partial charge in [0.1, 0.15) is 12.4 Å². The summed E-state index contributed by atoms with van der Waals surface area (Å²) in [5.41, 5.74) is 2.26. The summed E-state index contributed by atoms with van der Waals surface area (Å²) in [5, 5.41) is 3.24. The second-order valence-corrected chi connectivity index (χ2v) is 5.25. The Hall–Kier alpha value is -1.39. The van der Waals surface area contributed by atoms with Crippen LogP contribution in [0.1, 0.15) is 24.1 Å². The second-order valence-electron chi connectivity index (χ2n) is 4.34. The predicted octanol–water partition coefficient (Wildman–Crippen LogP) is 3.70. The van der Waals surface area contributed by atoms with Crippen LogP contribution >= 0.6 is 15.9 Å². The number of aromatic nitrogens is 1. The van der Waals surface area contributed by atoms with Crippen molar-refractivity contribution < 1.29 is 4.74 Å². The zero-order valence-electron chi connectivity index (χ0n) is 11.1. The lowest BCUT2D eigenvalue weighted by atomic mass is 10.1. The lowest BCUT2D eigenvalue weighted by Crippen LogP contribution is -2.13. The maximum absolute atomic E-state index is 5.91. The maximum Gasteiger partial charge on any atom is 0.124 e. The van der Waals surface area contributed by atoms with E-state index in [9.17, 15) is 0 Å². The molecule has 0 fully saturated rings. The minimum absolute atomic E-state index is 0.241. The molecule has 0 bridgehead atoms. The summed E-state index contributed by atoms with van der Waals surface area (Å²) in [6.45, 7) is 2.66. The lowest BCUT2D eigenvalue weighted by molar-refractivity contribution is 0.300. The quantitative estimate of drug-likeness (QED) is 0.912. The van der Waals surface area contributed by atoms with E-state index in [1.54, 1.807) is 12.4 Å². The van der Waals surface area contributed by atoms with E-state index in [0.29, 0.717) is 6.61 Å². The van der Waals surface area contributed by atoms with Crippen molar-refractivity contribution in [3.63, 3.8) is 0 Å². The van der Waals surface area contributed by atoms with Gasteiger partial charge in [-0.15, -0.1) is 0 Å². The van der Waals surface area contributed by atoms with Gasteiger partial charge in [0, 0.05) is 28.5 Å². The molecule has 1 atom stereocenters. The van der Waals surface area contributed by atoms with Gasteiger partial charge >= 0.3 is 0 Å². The summed E-state index contributed by atoms with van der Waals surface area (Å²) >= 11 is 3.50. The predicted molar refractivity (Wildman–Crippen MR) is 80.2 cm³/mol. The molecule has 1 aromatic carbocycles. The molecule has 0 radical (unpaired) electrons. The van der Waals surface area contributed by atoms with Crippen molar-refractivity contribution in [1.82, 2.24) is 10.3 Å². The first-order valence-corrected chi connectivity index (χ1v) is 6.98. The number of rotatable bonds is 5. The number of halogens is 1. The maximum atomic E-state index is 5.91. The van der Waals surface area contributed by atoms with Crippen LogP contribution in [0.2, 0.25) is 0 Å². The van der Waals surface area contributed by atoms with Crippen molar-refractivity contribution in [2.24, 2.45) is 0 Å². The lowest BCUT2D eigenvalue weighted by Gasteiger charge is -2.17. The van der Waals surface area contributed by atoms with Crippen LogP contribution in [-0.2, 0) is 6.61 Å². The smallest absolute Gasteiger partial charge is 0.124 e. The standard InChI is InChI=1S/C15H17BrN2O/c1-11(17-2)14-9-13(16)3-4-15(14)19-10-12-5-7-18-8-6-12/h3-9,11,17H,10H2,1-2H3. The van der Waals surface area contributed by atoms with Crippen LogP contribution in [0, 0.1) is 0 Å². The third-order valence-electron chi connectivity index (χ3n) is 3.02. The molecular weight excluding hydrogens is 304 g/mol. The molecule has 0 aliphatic heterocycles. The highest BCUT2D eigenvalue weighted by Crippen LogP contribution is 2.29. The Bertz CT molecular complexity index is 531. The highest BCUT2D eigenvalue weighted by molar-refractivity contribution is 9.10. The molecule has 0 aliphatic carbocycles. The fraction of sp³-hybridized carbons (Fsp3) is 0.267. The Balaban J connectivity index is 2.15. The molecule has 4 heteroatoms. The summed E-state index contributed by atoms with van der Waals surface area (Å²) in [6.07, 6.45) is 3.55. The van der Waals surface area contributed by atoms with Gasteiger partial charge in [-0.25, -0.2) is 0 Å². The van der Waals surface area contributed by atoms with Crippen LogP contribution in [0.25, 0.3) is 0 Å². The average molecular weight is 321 g/mol. The fourth-order valence-corrected chi connectivity index (χ4v) is 2.16. The number of benzene rings is 1. The second kappa shape index (κ2) is 6.68.